The van der Waals surface area contributed by atoms with Gasteiger partial charge in [0.05, 0.1) is 28.1 Å². The van der Waals surface area contributed by atoms with Crippen molar-refractivity contribution in [3.05, 3.63) is 303 Å². The molecule has 94 heavy (non-hydrogen) atoms. The van der Waals surface area contributed by atoms with Crippen LogP contribution >= 0.6 is 0 Å². The summed E-state index contributed by atoms with van der Waals surface area (Å²) in [6.45, 7) is 4.80. The summed E-state index contributed by atoms with van der Waals surface area (Å²) in [7, 11) is 0. The Hall–Kier alpha value is -12.3. The molecule has 5 aromatic heterocycles. The minimum absolute atomic E-state index is 0.317. The van der Waals surface area contributed by atoms with Crippen molar-refractivity contribution in [1.82, 2.24) is 24.5 Å². The number of pyridine rings is 2. The van der Waals surface area contributed by atoms with Gasteiger partial charge in [-0.15, -0.1) is 0 Å². The minimum atomic E-state index is -0.317. The number of anilines is 3. The number of aromatic nitrogens is 5. The Kier molecular flexibility index (Phi) is 11.1. The van der Waals surface area contributed by atoms with Crippen molar-refractivity contribution >= 4 is 136 Å². The Balaban J connectivity index is 0.795. The fourth-order valence-electron chi connectivity index (χ4n) is 15.9. The monoisotopic (exact) mass is 1200 g/mol. The van der Waals surface area contributed by atoms with E-state index in [1.54, 1.807) is 6.20 Å². The molecule has 5 heterocycles. The first kappa shape index (κ1) is 52.5. The smallest absolute Gasteiger partial charge is 0.180 e. The summed E-state index contributed by atoms with van der Waals surface area (Å²) in [6.07, 6.45) is 3.61. The van der Waals surface area contributed by atoms with E-state index in [0.29, 0.717) is 17.2 Å². The molecule has 0 bridgehead atoms. The average Bonchev–Trinajstić information content (AvgIpc) is 1.64. The maximum Gasteiger partial charge on any atom is 0.180 e. The Labute approximate surface area is 539 Å². The van der Waals surface area contributed by atoms with Crippen LogP contribution in [0.25, 0.3) is 170 Å². The van der Waals surface area contributed by atoms with Crippen LogP contribution in [0.4, 0.5) is 17.1 Å². The maximum atomic E-state index is 6.85. The van der Waals surface area contributed by atoms with Gasteiger partial charge in [-0.1, -0.05) is 190 Å². The molecule has 7 heteroatoms. The minimum Gasteiger partial charge on any atom is -0.454 e. The van der Waals surface area contributed by atoms with Gasteiger partial charge in [0.2, 0.25) is 0 Å². The fourth-order valence-corrected chi connectivity index (χ4v) is 15.9. The predicted molar refractivity (Wildman–Crippen MR) is 390 cm³/mol. The molecule has 438 valence electrons. The molecule has 20 rings (SSSR count). The third kappa shape index (κ3) is 7.66. The van der Waals surface area contributed by atoms with E-state index >= 15 is 0 Å². The van der Waals surface area contributed by atoms with Crippen molar-refractivity contribution in [2.24, 2.45) is 0 Å². The second kappa shape index (κ2) is 19.8. The molecule has 0 amide bonds. The summed E-state index contributed by atoms with van der Waals surface area (Å²) >= 11 is 0. The Bertz CT molecular complexity index is 6370. The van der Waals surface area contributed by atoms with E-state index in [1.165, 1.54) is 92.3 Å². The maximum absolute atomic E-state index is 6.85. The van der Waals surface area contributed by atoms with Gasteiger partial charge in [0.1, 0.15) is 17.1 Å². The molecule has 0 N–H and O–H groups in total. The molecule has 19 aromatic rings. The molecule has 14 aromatic carbocycles. The van der Waals surface area contributed by atoms with Gasteiger partial charge in [-0.25, -0.2) is 9.97 Å². The molecule has 0 saturated heterocycles. The molecule has 7 nitrogen and oxygen atoms in total. The number of hydrogen-bond acceptors (Lipinski definition) is 6. The van der Waals surface area contributed by atoms with Crippen LogP contribution in [0.2, 0.25) is 0 Å². The van der Waals surface area contributed by atoms with E-state index in [-0.39, 0.29) is 5.41 Å². The summed E-state index contributed by atoms with van der Waals surface area (Å²) in [5, 5.41) is 21.7. The Morgan fingerprint density at radius 1 is 0.362 bits per heavy atom. The van der Waals surface area contributed by atoms with Crippen LogP contribution in [0.3, 0.4) is 0 Å². The third-order valence-electron chi connectivity index (χ3n) is 20.2. The predicted octanol–water partition coefficient (Wildman–Crippen LogP) is 23.1. The van der Waals surface area contributed by atoms with E-state index in [0.717, 1.165) is 88.8 Å². The van der Waals surface area contributed by atoms with Crippen molar-refractivity contribution in [3.63, 3.8) is 0 Å². The van der Waals surface area contributed by atoms with Crippen LogP contribution in [0.1, 0.15) is 25.0 Å². The van der Waals surface area contributed by atoms with Crippen LogP contribution in [0.15, 0.2) is 296 Å². The Morgan fingerprint density at radius 3 is 1.60 bits per heavy atom. The molecular formula is C87H54N6O. The summed E-state index contributed by atoms with van der Waals surface area (Å²) in [5.74, 6) is 1.26. The highest BCUT2D eigenvalue weighted by Crippen LogP contribution is 2.56. The topological polar surface area (TPSA) is 72.9 Å². The third-order valence-corrected chi connectivity index (χ3v) is 20.2. The van der Waals surface area contributed by atoms with E-state index < -0.39 is 0 Å². The van der Waals surface area contributed by atoms with Gasteiger partial charge in [0.15, 0.2) is 11.4 Å². The van der Waals surface area contributed by atoms with Gasteiger partial charge in [-0.05, 0) is 206 Å². The zero-order valence-electron chi connectivity index (χ0n) is 51.3. The van der Waals surface area contributed by atoms with Crippen LogP contribution < -0.4 is 4.90 Å². The number of hydrogen-bond donors (Lipinski definition) is 0. The van der Waals surface area contributed by atoms with Crippen molar-refractivity contribution in [3.8, 4) is 51.0 Å². The number of rotatable bonds is 7. The van der Waals surface area contributed by atoms with Gasteiger partial charge in [0.25, 0.3) is 0 Å². The highest BCUT2D eigenvalue weighted by molar-refractivity contribution is 6.28. The number of nitrogens with zero attached hydrogens (tertiary/aromatic N) is 6. The highest BCUT2D eigenvalue weighted by atomic mass is 16.3. The lowest BCUT2D eigenvalue weighted by molar-refractivity contribution is 0.661. The van der Waals surface area contributed by atoms with E-state index in [9.17, 15) is 0 Å². The second-order valence-corrected chi connectivity index (χ2v) is 25.6. The lowest BCUT2D eigenvalue weighted by Crippen LogP contribution is -2.15. The van der Waals surface area contributed by atoms with Gasteiger partial charge in [0, 0.05) is 56.8 Å². The van der Waals surface area contributed by atoms with Crippen LogP contribution in [-0.2, 0) is 5.41 Å². The summed E-state index contributed by atoms with van der Waals surface area (Å²) < 4.78 is 9.19. The van der Waals surface area contributed by atoms with Gasteiger partial charge < -0.3 is 9.32 Å². The van der Waals surface area contributed by atoms with E-state index in [2.05, 4.69) is 260 Å². The number of fused-ring (bicyclic) bond motifs is 23. The molecule has 1 aliphatic carbocycles. The average molecular weight is 1200 g/mol. The first-order valence-corrected chi connectivity index (χ1v) is 32.2. The second-order valence-electron chi connectivity index (χ2n) is 25.6. The molecule has 1 aliphatic rings. The lowest BCUT2D eigenvalue weighted by Gasteiger charge is -2.26. The highest BCUT2D eigenvalue weighted by Gasteiger charge is 2.39. The van der Waals surface area contributed by atoms with E-state index in [4.69, 9.17) is 24.4 Å². The van der Waals surface area contributed by atoms with Crippen LogP contribution in [-0.4, -0.2) is 24.5 Å². The fraction of sp³-hybridized carbons (Fsp3) is 0.0345. The van der Waals surface area contributed by atoms with Crippen LogP contribution in [0, 0.1) is 0 Å². The largest absolute Gasteiger partial charge is 0.454 e. The zero-order valence-corrected chi connectivity index (χ0v) is 51.3. The lowest BCUT2D eigenvalue weighted by atomic mass is 9.81. The Morgan fingerprint density at radius 2 is 0.904 bits per heavy atom. The van der Waals surface area contributed by atoms with Crippen molar-refractivity contribution in [2.75, 3.05) is 4.90 Å². The van der Waals surface area contributed by atoms with Crippen molar-refractivity contribution in [2.45, 2.75) is 19.3 Å². The molecule has 0 aliphatic heterocycles. The number of furan rings is 1. The standard InChI is InChI=1S/C87H54N6O/c1-87(2)73-39-41-79-84(83(73)71-48-69-63-24-9-6-20-59(63)60-21-7-10-25-64(60)70(69)49-74(71)87)72-46-54(35-40-78(72)93(79)82-50-77(75-28-13-15-42-88-75)90-86(91-82)76-29-14-16-43-89-76)51-32-33-53-45-55(36-34-52(53)44-51)92(80-30-17-27-67-66-26-11-12-31-81(66)94-85(67)80)56-37-38-65-61-22-4-3-18-57(61)58-19-5-8-23-62(58)68(65)47-56/h3-50H,1-2H3. The molecular weight excluding hydrogens is 1140 g/mol. The van der Waals surface area contributed by atoms with Crippen molar-refractivity contribution < 1.29 is 4.42 Å². The molecule has 0 atom stereocenters. The first-order chi connectivity index (χ1) is 46.4. The van der Waals surface area contributed by atoms with Gasteiger partial charge in [-0.3, -0.25) is 14.5 Å². The molecule has 0 saturated carbocycles. The first-order valence-electron chi connectivity index (χ1n) is 32.2. The number of para-hydroxylation sites is 2. The number of benzene rings is 14. The SMILES string of the molecule is CC1(C)c2cc3c4ccccc4c4ccccc4c3cc2-c2c1ccc1c2c2cc(-c3ccc4cc(N(c5ccc6c7ccccc7c7ccccc7c6c5)c5cccc6c5oc5ccccc56)ccc4c3)ccc2n1-c1cc(-c2ccccn2)nc(-c2ccccn2)n1. The quantitative estimate of drug-likeness (QED) is 0.148. The zero-order chi connectivity index (χ0) is 61.9. The summed E-state index contributed by atoms with van der Waals surface area (Å²) in [5.41, 5.74) is 16.0. The molecule has 0 radical (unpaired) electrons. The molecule has 0 fully saturated rings. The summed E-state index contributed by atoms with van der Waals surface area (Å²) in [4.78, 5) is 22.5. The van der Waals surface area contributed by atoms with Crippen LogP contribution in [0.5, 0.6) is 0 Å². The van der Waals surface area contributed by atoms with Gasteiger partial charge >= 0.3 is 0 Å². The summed E-state index contributed by atoms with van der Waals surface area (Å²) in [6, 6.07) is 102. The normalized spacial score (nSPS) is 12.9. The molecule has 0 spiro atoms. The molecule has 0 unspecified atom stereocenters. The van der Waals surface area contributed by atoms with Gasteiger partial charge in [-0.2, -0.15) is 0 Å². The van der Waals surface area contributed by atoms with E-state index in [1.807, 2.05) is 48.7 Å². The van der Waals surface area contributed by atoms with Crippen molar-refractivity contribution in [1.29, 1.82) is 0 Å².